The summed E-state index contributed by atoms with van der Waals surface area (Å²) in [5.41, 5.74) is 1.15. The van der Waals surface area contributed by atoms with Crippen molar-refractivity contribution in [3.05, 3.63) is 24.8 Å². The van der Waals surface area contributed by atoms with Crippen molar-refractivity contribution < 1.29 is 4.79 Å². The molecule has 3 atom stereocenters. The van der Waals surface area contributed by atoms with Gasteiger partial charge in [-0.25, -0.2) is 0 Å². The molecule has 1 unspecified atom stereocenters. The molecule has 1 heteroatoms. The Kier molecular flexibility index (Phi) is 2.13. The first kappa shape index (κ1) is 9.70. The van der Waals surface area contributed by atoms with Gasteiger partial charge in [-0.1, -0.05) is 19.6 Å². The van der Waals surface area contributed by atoms with Gasteiger partial charge in [-0.2, -0.15) is 0 Å². The molecule has 0 N–H and O–H groups in total. The van der Waals surface area contributed by atoms with Crippen LogP contribution in [0.25, 0.3) is 0 Å². The van der Waals surface area contributed by atoms with Gasteiger partial charge in [0.15, 0.2) is 5.78 Å². The number of rotatable bonds is 1. The van der Waals surface area contributed by atoms with Gasteiger partial charge in [-0.3, -0.25) is 4.79 Å². The van der Waals surface area contributed by atoms with E-state index in [0.29, 0.717) is 18.3 Å². The second kappa shape index (κ2) is 3.08. The van der Waals surface area contributed by atoms with Crippen molar-refractivity contribution in [3.63, 3.8) is 0 Å². The van der Waals surface area contributed by atoms with Gasteiger partial charge in [0, 0.05) is 6.42 Å². The molecule has 0 aromatic rings. The molecule has 0 bridgehead atoms. The Bertz CT molecular complexity index is 302. The summed E-state index contributed by atoms with van der Waals surface area (Å²) in [5.74, 6) is 1.29. The van der Waals surface area contributed by atoms with Crippen LogP contribution < -0.4 is 0 Å². The second-order valence-electron chi connectivity index (χ2n) is 4.93. The predicted octanol–water partition coefficient (Wildman–Crippen LogP) is 3.12. The van der Waals surface area contributed by atoms with Crippen molar-refractivity contribution in [2.45, 2.75) is 32.6 Å². The zero-order valence-corrected chi connectivity index (χ0v) is 8.88. The van der Waals surface area contributed by atoms with Gasteiger partial charge in [0.05, 0.1) is 0 Å². The summed E-state index contributed by atoms with van der Waals surface area (Å²) >= 11 is 0. The molecule has 14 heavy (non-hydrogen) atoms. The predicted molar refractivity (Wildman–Crippen MR) is 57.9 cm³/mol. The lowest BCUT2D eigenvalue weighted by atomic mass is 9.63. The fourth-order valence-electron chi connectivity index (χ4n) is 3.32. The summed E-state index contributed by atoms with van der Waals surface area (Å²) in [5, 5.41) is 0. The van der Waals surface area contributed by atoms with Crippen LogP contribution in [0, 0.1) is 17.3 Å². The van der Waals surface area contributed by atoms with Gasteiger partial charge >= 0.3 is 0 Å². The fraction of sp³-hybridized carbons (Fsp3) is 0.615. The highest BCUT2D eigenvalue weighted by atomic mass is 16.1. The van der Waals surface area contributed by atoms with Crippen LogP contribution in [-0.4, -0.2) is 5.78 Å². The minimum Gasteiger partial charge on any atom is -0.295 e. The molecule has 0 radical (unpaired) electrons. The largest absolute Gasteiger partial charge is 0.295 e. The fourth-order valence-corrected chi connectivity index (χ4v) is 3.32. The number of fused-ring (bicyclic) bond motifs is 1. The van der Waals surface area contributed by atoms with Crippen LogP contribution in [-0.2, 0) is 4.79 Å². The topological polar surface area (TPSA) is 17.1 Å². The Morgan fingerprint density at radius 2 is 2.21 bits per heavy atom. The molecule has 0 amide bonds. The minimum absolute atomic E-state index is 0.271. The molecule has 0 aromatic heterocycles. The summed E-state index contributed by atoms with van der Waals surface area (Å²) < 4.78 is 0. The van der Waals surface area contributed by atoms with E-state index in [1.165, 1.54) is 6.42 Å². The van der Waals surface area contributed by atoms with Crippen molar-refractivity contribution in [1.82, 2.24) is 0 Å². The summed E-state index contributed by atoms with van der Waals surface area (Å²) in [4.78, 5) is 11.5. The zero-order chi connectivity index (χ0) is 10.3. The molecule has 2 aliphatic rings. The molecule has 1 nitrogen and oxygen atoms in total. The molecule has 76 valence electrons. The van der Waals surface area contributed by atoms with Crippen LogP contribution in [0.2, 0.25) is 0 Å². The molecule has 0 aliphatic heterocycles. The van der Waals surface area contributed by atoms with E-state index in [1.807, 2.05) is 0 Å². The molecule has 2 rings (SSSR count). The number of Topliss-reactive ketones (excluding diaryl/α,β-unsaturated/α-hetero) is 1. The standard InChI is InChI=1S/C13H18O/c1-4-10-5-6-11-9(2)12(14)7-8-13(10,11)3/h4,10-11H,1-2,5-8H2,3H3/t10-,11?,13+/m1/s1. The molecule has 0 aromatic carbocycles. The van der Waals surface area contributed by atoms with Crippen molar-refractivity contribution in [3.8, 4) is 0 Å². The second-order valence-corrected chi connectivity index (χ2v) is 4.93. The maximum absolute atomic E-state index is 11.5. The minimum atomic E-state index is 0.271. The highest BCUT2D eigenvalue weighted by Gasteiger charge is 2.49. The van der Waals surface area contributed by atoms with Crippen molar-refractivity contribution >= 4 is 5.78 Å². The van der Waals surface area contributed by atoms with E-state index in [1.54, 1.807) is 0 Å². The van der Waals surface area contributed by atoms with Crippen LogP contribution in [0.4, 0.5) is 0 Å². The number of ketones is 1. The molecular weight excluding hydrogens is 172 g/mol. The van der Waals surface area contributed by atoms with E-state index in [2.05, 4.69) is 26.2 Å². The smallest absolute Gasteiger partial charge is 0.158 e. The monoisotopic (exact) mass is 190 g/mol. The van der Waals surface area contributed by atoms with Gasteiger partial charge in [-0.15, -0.1) is 6.58 Å². The Morgan fingerprint density at radius 1 is 1.50 bits per heavy atom. The molecule has 2 saturated carbocycles. The average Bonchev–Trinajstić information content (AvgIpc) is 2.50. The Balaban J connectivity index is 2.32. The summed E-state index contributed by atoms with van der Waals surface area (Å²) in [6.45, 7) is 10.2. The van der Waals surface area contributed by atoms with Crippen LogP contribution in [0.3, 0.4) is 0 Å². The quantitative estimate of drug-likeness (QED) is 0.458. The molecular formula is C13H18O. The Labute approximate surface area is 85.9 Å². The van der Waals surface area contributed by atoms with Crippen LogP contribution in [0.5, 0.6) is 0 Å². The first-order valence-corrected chi connectivity index (χ1v) is 5.44. The van der Waals surface area contributed by atoms with Crippen molar-refractivity contribution in [2.75, 3.05) is 0 Å². The van der Waals surface area contributed by atoms with Gasteiger partial charge in [0.25, 0.3) is 0 Å². The van der Waals surface area contributed by atoms with Crippen molar-refractivity contribution in [2.24, 2.45) is 17.3 Å². The third-order valence-electron chi connectivity index (χ3n) is 4.36. The number of carbonyl (C=O) groups is 1. The summed E-state index contributed by atoms with van der Waals surface area (Å²) in [6.07, 6.45) is 6.08. The Morgan fingerprint density at radius 3 is 2.86 bits per heavy atom. The SMILES string of the molecule is C=C[C@@H]1CCC2C(=C)C(=O)CC[C@]21C. The molecule has 0 spiro atoms. The zero-order valence-electron chi connectivity index (χ0n) is 8.88. The average molecular weight is 190 g/mol. The van der Waals surface area contributed by atoms with E-state index in [9.17, 15) is 4.79 Å². The summed E-state index contributed by atoms with van der Waals surface area (Å²) in [6, 6.07) is 0. The lowest BCUT2D eigenvalue weighted by molar-refractivity contribution is -0.119. The van der Waals surface area contributed by atoms with E-state index >= 15 is 0 Å². The highest BCUT2D eigenvalue weighted by molar-refractivity contribution is 5.96. The number of hydrogen-bond acceptors (Lipinski definition) is 1. The number of hydrogen-bond donors (Lipinski definition) is 0. The van der Waals surface area contributed by atoms with Gasteiger partial charge in [-0.05, 0) is 42.1 Å². The van der Waals surface area contributed by atoms with Gasteiger partial charge in [0.2, 0.25) is 0 Å². The first-order chi connectivity index (χ1) is 6.59. The van der Waals surface area contributed by atoms with Crippen LogP contribution in [0.15, 0.2) is 24.8 Å². The van der Waals surface area contributed by atoms with Crippen molar-refractivity contribution in [1.29, 1.82) is 0 Å². The van der Waals surface area contributed by atoms with Crippen LogP contribution in [0.1, 0.15) is 32.6 Å². The van der Waals surface area contributed by atoms with Gasteiger partial charge < -0.3 is 0 Å². The maximum atomic E-state index is 11.5. The van der Waals surface area contributed by atoms with E-state index in [4.69, 9.17) is 0 Å². The molecule has 2 aliphatic carbocycles. The molecule has 0 heterocycles. The third-order valence-corrected chi connectivity index (χ3v) is 4.36. The Hall–Kier alpha value is -0.850. The number of carbonyl (C=O) groups excluding carboxylic acids is 1. The van der Waals surface area contributed by atoms with Crippen LogP contribution >= 0.6 is 0 Å². The van der Waals surface area contributed by atoms with E-state index in [-0.39, 0.29) is 11.2 Å². The first-order valence-electron chi connectivity index (χ1n) is 5.44. The lowest BCUT2D eigenvalue weighted by Crippen LogP contribution is -2.35. The maximum Gasteiger partial charge on any atom is 0.158 e. The van der Waals surface area contributed by atoms with E-state index in [0.717, 1.165) is 18.4 Å². The molecule has 2 fully saturated rings. The van der Waals surface area contributed by atoms with Gasteiger partial charge in [0.1, 0.15) is 0 Å². The lowest BCUT2D eigenvalue weighted by Gasteiger charge is -2.40. The normalized spacial score (nSPS) is 42.4. The molecule has 0 saturated heterocycles. The number of allylic oxidation sites excluding steroid dienone is 2. The highest BCUT2D eigenvalue weighted by Crippen LogP contribution is 2.56. The summed E-state index contributed by atoms with van der Waals surface area (Å²) in [7, 11) is 0. The van der Waals surface area contributed by atoms with E-state index < -0.39 is 0 Å². The third kappa shape index (κ3) is 1.11.